The van der Waals surface area contributed by atoms with Crippen LogP contribution in [0.25, 0.3) is 0 Å². The van der Waals surface area contributed by atoms with E-state index in [9.17, 15) is 0 Å². The Kier molecular flexibility index (Phi) is 7.48. The maximum atomic E-state index is 5.70. The number of aliphatic imine (C=N–C) groups is 1. The Morgan fingerprint density at radius 2 is 2.19 bits per heavy atom. The molecule has 0 saturated carbocycles. The first-order valence-corrected chi connectivity index (χ1v) is 9.24. The fraction of sp³-hybridized carbons (Fsp3) is 0.667. The van der Waals surface area contributed by atoms with Crippen molar-refractivity contribution in [2.45, 2.75) is 6.10 Å². The van der Waals surface area contributed by atoms with Crippen molar-refractivity contribution in [3.63, 3.8) is 0 Å². The molecule has 144 valence electrons. The molecule has 2 saturated heterocycles. The van der Waals surface area contributed by atoms with Gasteiger partial charge in [-0.3, -0.25) is 4.99 Å². The Balaban J connectivity index is 1.55. The van der Waals surface area contributed by atoms with Crippen LogP contribution in [0.1, 0.15) is 0 Å². The van der Waals surface area contributed by atoms with Crippen LogP contribution in [-0.4, -0.2) is 94.8 Å². The Morgan fingerprint density at radius 1 is 1.31 bits per heavy atom. The molecule has 1 aromatic heterocycles. The van der Waals surface area contributed by atoms with E-state index in [4.69, 9.17) is 19.2 Å². The van der Waals surface area contributed by atoms with E-state index in [2.05, 4.69) is 26.2 Å². The molecule has 0 aliphatic carbocycles. The van der Waals surface area contributed by atoms with Gasteiger partial charge in [0.1, 0.15) is 11.9 Å². The normalized spacial score (nSPS) is 21.7. The third-order valence-electron chi connectivity index (χ3n) is 4.47. The minimum absolute atomic E-state index is 0.0396. The Labute approximate surface area is 155 Å². The predicted molar refractivity (Wildman–Crippen MR) is 101 cm³/mol. The van der Waals surface area contributed by atoms with Gasteiger partial charge in [-0.15, -0.1) is 0 Å². The molecule has 1 aromatic rings. The molecule has 2 aliphatic heterocycles. The van der Waals surface area contributed by atoms with E-state index in [0.29, 0.717) is 33.0 Å². The molecule has 0 spiro atoms. The van der Waals surface area contributed by atoms with Crippen molar-refractivity contribution < 1.29 is 14.2 Å². The molecule has 2 fully saturated rings. The van der Waals surface area contributed by atoms with Gasteiger partial charge >= 0.3 is 0 Å². The lowest BCUT2D eigenvalue weighted by Crippen LogP contribution is -2.53. The number of nitrogens with one attached hydrogen (secondary N) is 1. The molecular weight excluding hydrogens is 334 g/mol. The van der Waals surface area contributed by atoms with Crippen LogP contribution in [0.3, 0.4) is 0 Å². The molecule has 8 heteroatoms. The molecule has 1 unspecified atom stereocenters. The number of pyridine rings is 1. The fourth-order valence-electron chi connectivity index (χ4n) is 3.05. The molecule has 0 amide bonds. The maximum absolute atomic E-state index is 5.70. The summed E-state index contributed by atoms with van der Waals surface area (Å²) >= 11 is 0. The predicted octanol–water partition coefficient (Wildman–Crippen LogP) is 0.211. The van der Waals surface area contributed by atoms with E-state index >= 15 is 0 Å². The summed E-state index contributed by atoms with van der Waals surface area (Å²) in [5, 5.41) is 3.40. The van der Waals surface area contributed by atoms with Gasteiger partial charge in [0.25, 0.3) is 0 Å². The van der Waals surface area contributed by atoms with E-state index in [1.807, 2.05) is 18.3 Å². The zero-order valence-corrected chi connectivity index (χ0v) is 15.5. The summed E-state index contributed by atoms with van der Waals surface area (Å²) in [6.07, 6.45) is 1.88. The topological polar surface area (TPSA) is 71.5 Å². The number of anilines is 1. The Hall–Kier alpha value is -1.90. The van der Waals surface area contributed by atoms with Gasteiger partial charge in [-0.25, -0.2) is 4.98 Å². The van der Waals surface area contributed by atoms with Gasteiger partial charge in [0.15, 0.2) is 5.96 Å². The highest BCUT2D eigenvalue weighted by Gasteiger charge is 2.21. The van der Waals surface area contributed by atoms with Gasteiger partial charge < -0.3 is 29.3 Å². The highest BCUT2D eigenvalue weighted by Crippen LogP contribution is 2.12. The second-order valence-electron chi connectivity index (χ2n) is 6.31. The number of guanidine groups is 1. The summed E-state index contributed by atoms with van der Waals surface area (Å²) in [5.74, 6) is 1.95. The summed E-state index contributed by atoms with van der Waals surface area (Å²) in [6.45, 7) is 7.57. The van der Waals surface area contributed by atoms with Crippen molar-refractivity contribution >= 4 is 11.8 Å². The van der Waals surface area contributed by atoms with Crippen molar-refractivity contribution in [3.8, 4) is 0 Å². The largest absolute Gasteiger partial charge is 0.383 e. The zero-order chi connectivity index (χ0) is 18.0. The summed E-state index contributed by atoms with van der Waals surface area (Å²) in [4.78, 5) is 13.8. The van der Waals surface area contributed by atoms with Crippen molar-refractivity contribution in [3.05, 3.63) is 24.4 Å². The first-order valence-electron chi connectivity index (χ1n) is 9.24. The second kappa shape index (κ2) is 10.3. The lowest BCUT2D eigenvalue weighted by Gasteiger charge is -2.37. The zero-order valence-electron chi connectivity index (χ0n) is 15.5. The van der Waals surface area contributed by atoms with E-state index in [1.165, 1.54) is 0 Å². The number of nitrogens with zero attached hydrogens (tertiary/aromatic N) is 4. The van der Waals surface area contributed by atoms with Gasteiger partial charge in [0.2, 0.25) is 0 Å². The smallest absolute Gasteiger partial charge is 0.194 e. The molecular formula is C18H29N5O3. The average molecular weight is 363 g/mol. The molecule has 0 aromatic carbocycles. The molecule has 2 aliphatic rings. The van der Waals surface area contributed by atoms with E-state index in [1.54, 1.807) is 7.11 Å². The van der Waals surface area contributed by atoms with Crippen LogP contribution in [0.5, 0.6) is 0 Å². The lowest BCUT2D eigenvalue weighted by molar-refractivity contribution is -0.0833. The van der Waals surface area contributed by atoms with Crippen LogP contribution < -0.4 is 10.2 Å². The first-order chi connectivity index (χ1) is 12.9. The summed E-state index contributed by atoms with van der Waals surface area (Å²) in [6, 6.07) is 6.03. The van der Waals surface area contributed by atoms with E-state index in [-0.39, 0.29) is 6.10 Å². The number of ether oxygens (including phenoxy) is 3. The molecule has 26 heavy (non-hydrogen) atoms. The Bertz CT molecular complexity index is 543. The van der Waals surface area contributed by atoms with Gasteiger partial charge in [-0.2, -0.15) is 0 Å². The number of aromatic nitrogens is 1. The average Bonchev–Trinajstić information content (AvgIpc) is 2.72. The Morgan fingerprint density at radius 3 is 2.88 bits per heavy atom. The van der Waals surface area contributed by atoms with Crippen LogP contribution in [-0.2, 0) is 14.2 Å². The highest BCUT2D eigenvalue weighted by molar-refractivity contribution is 5.80. The highest BCUT2D eigenvalue weighted by atomic mass is 16.6. The molecule has 3 rings (SSSR count). The molecule has 1 atom stereocenters. The third-order valence-corrected chi connectivity index (χ3v) is 4.47. The first kappa shape index (κ1) is 18.9. The van der Waals surface area contributed by atoms with Gasteiger partial charge in [-0.05, 0) is 12.1 Å². The van der Waals surface area contributed by atoms with Crippen molar-refractivity contribution in [1.29, 1.82) is 0 Å². The fourth-order valence-corrected chi connectivity index (χ4v) is 3.05. The van der Waals surface area contributed by atoms with Gasteiger partial charge in [-0.1, -0.05) is 6.07 Å². The molecule has 0 bridgehead atoms. The summed E-state index contributed by atoms with van der Waals surface area (Å²) in [7, 11) is 1.71. The number of piperazine rings is 1. The monoisotopic (exact) mass is 363 g/mol. The van der Waals surface area contributed by atoms with E-state index < -0.39 is 0 Å². The molecule has 8 nitrogen and oxygen atoms in total. The summed E-state index contributed by atoms with van der Waals surface area (Å²) in [5.41, 5.74) is 0. The van der Waals surface area contributed by atoms with Crippen LogP contribution in [0.4, 0.5) is 5.82 Å². The van der Waals surface area contributed by atoms with Crippen LogP contribution in [0, 0.1) is 0 Å². The maximum Gasteiger partial charge on any atom is 0.194 e. The lowest BCUT2D eigenvalue weighted by atomic mass is 10.3. The molecule has 1 N–H and O–H groups in total. The van der Waals surface area contributed by atoms with E-state index in [0.717, 1.165) is 44.5 Å². The van der Waals surface area contributed by atoms with Crippen LogP contribution in [0.15, 0.2) is 29.4 Å². The standard InChI is InChI=1S/C18H29N5O3/c1-24-11-6-20-18(21-14-16-15-25-12-13-26-16)23-9-7-22(8-10-23)17-4-2-3-5-19-17/h2-5,16H,6-15H2,1H3,(H,20,21). The molecule has 0 radical (unpaired) electrons. The van der Waals surface area contributed by atoms with Crippen molar-refractivity contribution in [2.75, 3.05) is 77.7 Å². The minimum Gasteiger partial charge on any atom is -0.383 e. The van der Waals surface area contributed by atoms with Gasteiger partial charge in [0.05, 0.1) is 33.0 Å². The van der Waals surface area contributed by atoms with Crippen LogP contribution in [0.2, 0.25) is 0 Å². The number of methoxy groups -OCH3 is 1. The summed E-state index contributed by atoms with van der Waals surface area (Å²) < 4.78 is 16.3. The van der Waals surface area contributed by atoms with Crippen molar-refractivity contribution in [1.82, 2.24) is 15.2 Å². The van der Waals surface area contributed by atoms with Gasteiger partial charge in [0, 0.05) is 46.0 Å². The number of hydrogen-bond donors (Lipinski definition) is 1. The number of hydrogen-bond acceptors (Lipinski definition) is 6. The SMILES string of the molecule is COCCNC(=NCC1COCCO1)N1CCN(c2ccccn2)CC1. The number of rotatable bonds is 6. The quantitative estimate of drug-likeness (QED) is 0.440. The van der Waals surface area contributed by atoms with Crippen molar-refractivity contribution in [2.24, 2.45) is 4.99 Å². The molecule has 3 heterocycles. The third kappa shape index (κ3) is 5.55. The second-order valence-corrected chi connectivity index (χ2v) is 6.31. The van der Waals surface area contributed by atoms with Crippen LogP contribution >= 0.6 is 0 Å². The minimum atomic E-state index is 0.0396.